The maximum atomic E-state index is 5.38. The third kappa shape index (κ3) is 0.904. The van der Waals surface area contributed by atoms with E-state index in [1.54, 1.807) is 18.2 Å². The van der Waals surface area contributed by atoms with Crippen LogP contribution < -0.4 is 11.5 Å². The Morgan fingerprint density at radius 2 is 1.50 bits per heavy atom. The van der Waals surface area contributed by atoms with Crippen LogP contribution in [0.2, 0.25) is 0 Å². The Hall–Kier alpha value is -1.18. The largest absolute Gasteiger partial charge is 0.399 e. The van der Waals surface area contributed by atoms with E-state index in [1.807, 2.05) is 6.07 Å². The topological polar surface area (TPSA) is 52.0 Å². The number of nitrogens with two attached hydrogens (primary N) is 2. The van der Waals surface area contributed by atoms with Crippen molar-refractivity contribution in [2.75, 3.05) is 11.5 Å². The first kappa shape index (κ1) is 4.97. The molecule has 0 saturated heterocycles. The normalized spacial score (nSPS) is 9.00. The molecule has 0 amide bonds. The van der Waals surface area contributed by atoms with Crippen LogP contribution in [-0.4, -0.2) is 0 Å². The summed E-state index contributed by atoms with van der Waals surface area (Å²) in [5, 5.41) is 0. The Morgan fingerprint density at radius 1 is 1.00 bits per heavy atom. The summed E-state index contributed by atoms with van der Waals surface area (Å²) >= 11 is 0. The Labute approximate surface area is 48.1 Å². The van der Waals surface area contributed by atoms with E-state index in [4.69, 9.17) is 11.5 Å². The van der Waals surface area contributed by atoms with Crippen molar-refractivity contribution in [3.05, 3.63) is 24.3 Å². The quantitative estimate of drug-likeness (QED) is 0.491. The Balaban J connectivity index is 3.08. The molecule has 2 nitrogen and oxygen atoms in total. The summed E-state index contributed by atoms with van der Waals surface area (Å²) in [5.41, 5.74) is 12.2. The molecule has 0 atom stereocenters. The summed E-state index contributed by atoms with van der Waals surface area (Å²) in [5.74, 6) is 0. The average Bonchev–Trinajstić information content (AvgIpc) is 1.64. The zero-order valence-electron chi connectivity index (χ0n) is 4.46. The standard InChI is InChI=1S/C6H8N2/c7-5-2-1-3-6(8)4-5/h1-4H,7-8H2/i1+1,2+1,3+1,4+1,5+1,6+1. The van der Waals surface area contributed by atoms with Gasteiger partial charge in [0.25, 0.3) is 0 Å². The molecule has 0 aliphatic carbocycles. The molecule has 0 unspecified atom stereocenters. The van der Waals surface area contributed by atoms with E-state index < -0.39 is 0 Å². The fourth-order valence-corrected chi connectivity index (χ4v) is 0.559. The van der Waals surface area contributed by atoms with Crippen LogP contribution >= 0.6 is 0 Å². The van der Waals surface area contributed by atoms with Gasteiger partial charge >= 0.3 is 0 Å². The van der Waals surface area contributed by atoms with Crippen molar-refractivity contribution in [2.45, 2.75) is 0 Å². The fraction of sp³-hybridized carbons (Fsp3) is 0. The van der Waals surface area contributed by atoms with Gasteiger partial charge in [-0.05, 0) is 18.2 Å². The molecule has 0 radical (unpaired) electrons. The lowest BCUT2D eigenvalue weighted by atomic mass is 11.2. The van der Waals surface area contributed by atoms with E-state index >= 15 is 0 Å². The molecular weight excluding hydrogens is 106 g/mol. The Kier molecular flexibility index (Phi) is 1.08. The number of benzene rings is 1. The van der Waals surface area contributed by atoms with Crippen LogP contribution in [0, 0.1) is 0 Å². The van der Waals surface area contributed by atoms with Gasteiger partial charge in [0, 0.05) is 11.4 Å². The van der Waals surface area contributed by atoms with E-state index in [1.165, 1.54) is 0 Å². The molecule has 4 N–H and O–H groups in total. The summed E-state index contributed by atoms with van der Waals surface area (Å²) in [6, 6.07) is 7.15. The number of rotatable bonds is 0. The van der Waals surface area contributed by atoms with E-state index in [0.717, 1.165) is 0 Å². The first-order valence-electron chi connectivity index (χ1n) is 2.40. The smallest absolute Gasteiger partial charge is 0.0334 e. The van der Waals surface area contributed by atoms with Crippen molar-refractivity contribution in [2.24, 2.45) is 0 Å². The van der Waals surface area contributed by atoms with Gasteiger partial charge in [-0.2, -0.15) is 0 Å². The number of hydrogen-bond acceptors (Lipinski definition) is 2. The molecule has 0 saturated carbocycles. The third-order valence-corrected chi connectivity index (χ3v) is 0.911. The minimum absolute atomic E-state index is 0.713. The van der Waals surface area contributed by atoms with Crippen molar-refractivity contribution >= 4 is 11.4 Å². The van der Waals surface area contributed by atoms with Gasteiger partial charge in [0.2, 0.25) is 0 Å². The van der Waals surface area contributed by atoms with Gasteiger partial charge < -0.3 is 11.5 Å². The Bertz CT molecular complexity index is 166. The van der Waals surface area contributed by atoms with Crippen molar-refractivity contribution in [3.63, 3.8) is 0 Å². The predicted octanol–water partition coefficient (Wildman–Crippen LogP) is 0.851. The number of hydrogen-bond donors (Lipinski definition) is 2. The summed E-state index contributed by atoms with van der Waals surface area (Å²) in [6.07, 6.45) is 0. The average molecular weight is 114 g/mol. The molecule has 0 aliphatic heterocycles. The van der Waals surface area contributed by atoms with Crippen LogP contribution in [-0.2, 0) is 0 Å². The van der Waals surface area contributed by atoms with E-state index in [2.05, 4.69) is 0 Å². The zero-order valence-corrected chi connectivity index (χ0v) is 4.46. The molecule has 0 heterocycles. The highest BCUT2D eigenvalue weighted by Crippen LogP contribution is 2.06. The van der Waals surface area contributed by atoms with E-state index in [-0.39, 0.29) is 0 Å². The second-order valence-electron chi connectivity index (χ2n) is 1.67. The Morgan fingerprint density at radius 3 is 1.75 bits per heavy atom. The van der Waals surface area contributed by atoms with Crippen molar-refractivity contribution in [1.29, 1.82) is 0 Å². The highest BCUT2D eigenvalue weighted by molar-refractivity contribution is 5.50. The van der Waals surface area contributed by atoms with Gasteiger partial charge in [-0.3, -0.25) is 0 Å². The molecule has 2 heteroatoms. The molecule has 1 rings (SSSR count). The van der Waals surface area contributed by atoms with Gasteiger partial charge in [-0.25, -0.2) is 0 Å². The lowest BCUT2D eigenvalue weighted by Gasteiger charge is -1.91. The van der Waals surface area contributed by atoms with Crippen molar-refractivity contribution < 1.29 is 0 Å². The van der Waals surface area contributed by atoms with E-state index in [0.29, 0.717) is 11.4 Å². The van der Waals surface area contributed by atoms with E-state index in [9.17, 15) is 0 Å². The SMILES string of the molecule is N[13c]1[13cH][13cH][13cH][13c](N)[13cH]1. The van der Waals surface area contributed by atoms with Crippen molar-refractivity contribution in [1.82, 2.24) is 0 Å². The second-order valence-corrected chi connectivity index (χ2v) is 1.67. The molecule has 0 bridgehead atoms. The van der Waals surface area contributed by atoms with Crippen LogP contribution in [0.1, 0.15) is 0 Å². The molecule has 0 aliphatic rings. The predicted molar refractivity (Wildman–Crippen MR) is 35.3 cm³/mol. The summed E-state index contributed by atoms with van der Waals surface area (Å²) < 4.78 is 0. The van der Waals surface area contributed by atoms with Crippen LogP contribution in [0.3, 0.4) is 0 Å². The van der Waals surface area contributed by atoms with Gasteiger partial charge in [0.05, 0.1) is 0 Å². The fourth-order valence-electron chi connectivity index (χ4n) is 0.559. The van der Waals surface area contributed by atoms with Gasteiger partial charge in [0.1, 0.15) is 0 Å². The third-order valence-electron chi connectivity index (χ3n) is 0.911. The summed E-state index contributed by atoms with van der Waals surface area (Å²) in [4.78, 5) is 0. The molecule has 0 fully saturated rings. The summed E-state index contributed by atoms with van der Waals surface area (Å²) in [7, 11) is 0. The van der Waals surface area contributed by atoms with Crippen LogP contribution in [0.25, 0.3) is 0 Å². The van der Waals surface area contributed by atoms with Crippen LogP contribution in [0.15, 0.2) is 24.3 Å². The number of nitrogen functional groups attached to an aromatic ring is 2. The van der Waals surface area contributed by atoms with Crippen molar-refractivity contribution in [3.8, 4) is 0 Å². The molecular formula is C6H8N2. The first-order valence-corrected chi connectivity index (χ1v) is 2.40. The highest BCUT2D eigenvalue weighted by Gasteiger charge is 1.81. The van der Waals surface area contributed by atoms with Gasteiger partial charge in [0.15, 0.2) is 0 Å². The summed E-state index contributed by atoms with van der Waals surface area (Å²) in [6.45, 7) is 0. The molecule has 42 valence electrons. The molecule has 1 aromatic rings. The maximum absolute atomic E-state index is 5.38. The minimum atomic E-state index is 0.713. The molecule has 0 spiro atoms. The molecule has 8 heavy (non-hydrogen) atoms. The van der Waals surface area contributed by atoms with Gasteiger partial charge in [-0.15, -0.1) is 0 Å². The van der Waals surface area contributed by atoms with Crippen LogP contribution in [0.4, 0.5) is 11.4 Å². The maximum Gasteiger partial charge on any atom is 0.0334 e. The zero-order chi connectivity index (χ0) is 5.98. The minimum Gasteiger partial charge on any atom is -0.399 e. The molecule has 0 aromatic heterocycles. The lowest BCUT2D eigenvalue weighted by molar-refractivity contribution is 1.67. The first-order chi connectivity index (χ1) is 3.79. The molecule has 1 aromatic carbocycles. The monoisotopic (exact) mass is 114 g/mol. The van der Waals surface area contributed by atoms with Gasteiger partial charge in [-0.1, -0.05) is 6.07 Å². The second kappa shape index (κ2) is 1.74. The highest BCUT2D eigenvalue weighted by atomic mass is 15.1. The lowest BCUT2D eigenvalue weighted by Crippen LogP contribution is -1.87. The van der Waals surface area contributed by atoms with Crippen LogP contribution in [0.5, 0.6) is 0 Å². The number of anilines is 2.